The Balaban J connectivity index is 1.94. The summed E-state index contributed by atoms with van der Waals surface area (Å²) in [4.78, 5) is 0. The topological polar surface area (TPSA) is 40.2 Å². The fourth-order valence-electron chi connectivity index (χ4n) is 1.72. The molecule has 0 radical (unpaired) electrons. The minimum Gasteiger partial charge on any atom is -0.383 e. The Morgan fingerprint density at radius 3 is 3.07 bits per heavy atom. The molecule has 0 bridgehead atoms. The molecule has 2 N–H and O–H groups in total. The van der Waals surface area contributed by atoms with Gasteiger partial charge in [-0.15, -0.1) is 0 Å². The molecule has 0 aliphatic heterocycles. The molecule has 1 fully saturated rings. The Morgan fingerprint density at radius 1 is 1.64 bits per heavy atom. The lowest BCUT2D eigenvalue weighted by atomic mass is 10.1. The van der Waals surface area contributed by atoms with E-state index in [9.17, 15) is 0 Å². The van der Waals surface area contributed by atoms with Crippen molar-refractivity contribution in [3.05, 3.63) is 24.0 Å². The van der Waals surface area contributed by atoms with E-state index in [1.165, 1.54) is 18.4 Å². The molecular formula is C11H18N2O. The number of ether oxygens (including phenoxy) is 1. The smallest absolute Gasteiger partial charge is 0.0641 e. The summed E-state index contributed by atoms with van der Waals surface area (Å²) in [6.07, 6.45) is 6.81. The van der Waals surface area contributed by atoms with Crippen LogP contribution in [0.1, 0.15) is 24.4 Å². The first-order valence-corrected chi connectivity index (χ1v) is 5.21. The van der Waals surface area contributed by atoms with Crippen LogP contribution < -0.4 is 5.73 Å². The van der Waals surface area contributed by atoms with Crippen LogP contribution in [-0.4, -0.2) is 18.3 Å². The zero-order valence-corrected chi connectivity index (χ0v) is 8.65. The Morgan fingerprint density at radius 2 is 2.43 bits per heavy atom. The fraction of sp³-hybridized carbons (Fsp3) is 0.636. The molecule has 1 heterocycles. The van der Waals surface area contributed by atoms with Crippen LogP contribution in [0.3, 0.4) is 0 Å². The molecule has 0 spiro atoms. The van der Waals surface area contributed by atoms with Crippen LogP contribution in [0.5, 0.6) is 0 Å². The quantitative estimate of drug-likeness (QED) is 0.772. The predicted octanol–water partition coefficient (Wildman–Crippen LogP) is 1.54. The first kappa shape index (κ1) is 9.74. The van der Waals surface area contributed by atoms with Crippen LogP contribution in [0.4, 0.5) is 0 Å². The second-order valence-corrected chi connectivity index (χ2v) is 4.04. The van der Waals surface area contributed by atoms with E-state index < -0.39 is 0 Å². The van der Waals surface area contributed by atoms with Gasteiger partial charge >= 0.3 is 0 Å². The SMILES string of the molecule is COCCn1ccc(C(N)C2CC2)c1. The van der Waals surface area contributed by atoms with E-state index in [0.717, 1.165) is 19.1 Å². The van der Waals surface area contributed by atoms with Gasteiger partial charge in [-0.2, -0.15) is 0 Å². The van der Waals surface area contributed by atoms with E-state index in [2.05, 4.69) is 23.0 Å². The van der Waals surface area contributed by atoms with Gasteiger partial charge in [0.2, 0.25) is 0 Å². The second kappa shape index (κ2) is 4.15. The Bertz CT molecular complexity index is 291. The lowest BCUT2D eigenvalue weighted by Gasteiger charge is -2.07. The highest BCUT2D eigenvalue weighted by Gasteiger charge is 2.29. The molecule has 14 heavy (non-hydrogen) atoms. The highest BCUT2D eigenvalue weighted by Crippen LogP contribution is 2.39. The van der Waals surface area contributed by atoms with Crippen molar-refractivity contribution in [1.29, 1.82) is 0 Å². The molecule has 0 saturated heterocycles. The second-order valence-electron chi connectivity index (χ2n) is 4.04. The lowest BCUT2D eigenvalue weighted by molar-refractivity contribution is 0.187. The van der Waals surface area contributed by atoms with Crippen molar-refractivity contribution in [2.75, 3.05) is 13.7 Å². The molecule has 0 aromatic carbocycles. The molecule has 1 aliphatic carbocycles. The monoisotopic (exact) mass is 194 g/mol. The number of hydrogen-bond acceptors (Lipinski definition) is 2. The first-order valence-electron chi connectivity index (χ1n) is 5.21. The van der Waals surface area contributed by atoms with E-state index in [1.807, 2.05) is 0 Å². The van der Waals surface area contributed by atoms with E-state index in [1.54, 1.807) is 7.11 Å². The van der Waals surface area contributed by atoms with Gasteiger partial charge in [0.1, 0.15) is 0 Å². The van der Waals surface area contributed by atoms with Crippen molar-refractivity contribution in [2.45, 2.75) is 25.4 Å². The van der Waals surface area contributed by atoms with Gasteiger partial charge in [0.05, 0.1) is 6.61 Å². The van der Waals surface area contributed by atoms with E-state index >= 15 is 0 Å². The molecular weight excluding hydrogens is 176 g/mol. The molecule has 3 heteroatoms. The molecule has 1 saturated carbocycles. The van der Waals surface area contributed by atoms with Crippen LogP contribution in [0.2, 0.25) is 0 Å². The number of aromatic nitrogens is 1. The molecule has 1 atom stereocenters. The number of hydrogen-bond donors (Lipinski definition) is 1. The maximum absolute atomic E-state index is 6.10. The largest absolute Gasteiger partial charge is 0.383 e. The molecule has 0 amide bonds. The molecule has 2 rings (SSSR count). The standard InChI is InChI=1S/C11H18N2O/c1-14-7-6-13-5-4-10(8-13)11(12)9-2-3-9/h4-5,8-9,11H,2-3,6-7,12H2,1H3. The molecule has 1 unspecified atom stereocenters. The summed E-state index contributed by atoms with van der Waals surface area (Å²) < 4.78 is 7.16. The maximum Gasteiger partial charge on any atom is 0.0641 e. The maximum atomic E-state index is 6.10. The Hall–Kier alpha value is -0.800. The number of nitrogens with zero attached hydrogens (tertiary/aromatic N) is 1. The summed E-state index contributed by atoms with van der Waals surface area (Å²) in [5, 5.41) is 0. The summed E-state index contributed by atoms with van der Waals surface area (Å²) in [6, 6.07) is 2.37. The van der Waals surface area contributed by atoms with Crippen molar-refractivity contribution in [1.82, 2.24) is 4.57 Å². The predicted molar refractivity (Wildman–Crippen MR) is 56.0 cm³/mol. The summed E-state index contributed by atoms with van der Waals surface area (Å²) in [5.74, 6) is 0.730. The van der Waals surface area contributed by atoms with Crippen molar-refractivity contribution in [3.8, 4) is 0 Å². The molecule has 1 aromatic rings. The highest BCUT2D eigenvalue weighted by atomic mass is 16.5. The van der Waals surface area contributed by atoms with Gasteiger partial charge in [0.25, 0.3) is 0 Å². The van der Waals surface area contributed by atoms with Gasteiger partial charge < -0.3 is 15.0 Å². The fourth-order valence-corrected chi connectivity index (χ4v) is 1.72. The minimum atomic E-state index is 0.249. The van der Waals surface area contributed by atoms with Crippen LogP contribution in [0, 0.1) is 5.92 Å². The van der Waals surface area contributed by atoms with Gasteiger partial charge in [-0.3, -0.25) is 0 Å². The van der Waals surface area contributed by atoms with Crippen molar-refractivity contribution in [3.63, 3.8) is 0 Å². The molecule has 1 aliphatic rings. The van der Waals surface area contributed by atoms with Gasteiger partial charge in [-0.05, 0) is 30.4 Å². The summed E-state index contributed by atoms with van der Waals surface area (Å²) in [5.41, 5.74) is 7.36. The molecule has 3 nitrogen and oxygen atoms in total. The van der Waals surface area contributed by atoms with Crippen molar-refractivity contribution < 1.29 is 4.74 Å². The third kappa shape index (κ3) is 2.16. The number of methoxy groups -OCH3 is 1. The van der Waals surface area contributed by atoms with E-state index in [4.69, 9.17) is 10.5 Å². The van der Waals surface area contributed by atoms with Gasteiger partial charge in [0.15, 0.2) is 0 Å². The molecule has 78 valence electrons. The van der Waals surface area contributed by atoms with Crippen molar-refractivity contribution >= 4 is 0 Å². The van der Waals surface area contributed by atoms with Crippen LogP contribution in [-0.2, 0) is 11.3 Å². The Labute approximate surface area is 84.9 Å². The number of nitrogens with two attached hydrogens (primary N) is 1. The van der Waals surface area contributed by atoms with Gasteiger partial charge in [-0.25, -0.2) is 0 Å². The summed E-state index contributed by atoms with van der Waals surface area (Å²) >= 11 is 0. The summed E-state index contributed by atoms with van der Waals surface area (Å²) in [7, 11) is 1.72. The van der Waals surface area contributed by atoms with E-state index in [0.29, 0.717) is 0 Å². The minimum absolute atomic E-state index is 0.249. The average Bonchev–Trinajstić information content (AvgIpc) is 2.94. The lowest BCUT2D eigenvalue weighted by Crippen LogP contribution is -2.11. The van der Waals surface area contributed by atoms with Crippen LogP contribution in [0.15, 0.2) is 18.5 Å². The Kier molecular flexibility index (Phi) is 2.89. The summed E-state index contributed by atoms with van der Waals surface area (Å²) in [6.45, 7) is 1.67. The van der Waals surface area contributed by atoms with Crippen LogP contribution in [0.25, 0.3) is 0 Å². The van der Waals surface area contributed by atoms with Gasteiger partial charge in [-0.1, -0.05) is 0 Å². The normalized spacial score (nSPS) is 18.4. The highest BCUT2D eigenvalue weighted by molar-refractivity contribution is 5.17. The third-order valence-electron chi connectivity index (χ3n) is 2.84. The number of rotatable bonds is 5. The average molecular weight is 194 g/mol. The zero-order chi connectivity index (χ0) is 9.97. The first-order chi connectivity index (χ1) is 6.81. The van der Waals surface area contributed by atoms with Gasteiger partial charge in [0, 0.05) is 32.1 Å². The van der Waals surface area contributed by atoms with Crippen molar-refractivity contribution in [2.24, 2.45) is 11.7 Å². The molecule has 1 aromatic heterocycles. The van der Waals surface area contributed by atoms with Crippen LogP contribution >= 0.6 is 0 Å². The van der Waals surface area contributed by atoms with E-state index in [-0.39, 0.29) is 6.04 Å². The third-order valence-corrected chi connectivity index (χ3v) is 2.84. The zero-order valence-electron chi connectivity index (χ0n) is 8.65.